The van der Waals surface area contributed by atoms with Gasteiger partial charge in [0.05, 0.1) is 6.04 Å². The number of ether oxygens (including phenoxy) is 2. The van der Waals surface area contributed by atoms with Crippen LogP contribution < -0.4 is 15.2 Å². The van der Waals surface area contributed by atoms with E-state index in [1.165, 1.54) is 0 Å². The van der Waals surface area contributed by atoms with Crippen LogP contribution in [0.3, 0.4) is 0 Å². The van der Waals surface area contributed by atoms with Gasteiger partial charge in [0.2, 0.25) is 0 Å². The summed E-state index contributed by atoms with van der Waals surface area (Å²) < 4.78 is 12.9. The van der Waals surface area contributed by atoms with Crippen molar-refractivity contribution in [3.63, 3.8) is 0 Å². The first-order chi connectivity index (χ1) is 8.74. The monoisotopic (exact) mass is 246 g/mol. The van der Waals surface area contributed by atoms with Crippen molar-refractivity contribution in [3.8, 4) is 11.5 Å². The third kappa shape index (κ3) is 1.91. The van der Waals surface area contributed by atoms with Crippen molar-refractivity contribution in [1.82, 2.24) is 14.8 Å². The summed E-state index contributed by atoms with van der Waals surface area (Å²) in [5.74, 6) is 2.32. The summed E-state index contributed by atoms with van der Waals surface area (Å²) in [6.45, 7) is 0.906. The highest BCUT2D eigenvalue weighted by atomic mass is 16.5. The van der Waals surface area contributed by atoms with Crippen LogP contribution in [0, 0.1) is 0 Å². The van der Waals surface area contributed by atoms with Gasteiger partial charge in [-0.2, -0.15) is 0 Å². The first-order valence-corrected chi connectivity index (χ1v) is 5.72. The van der Waals surface area contributed by atoms with Crippen LogP contribution in [0.2, 0.25) is 0 Å². The van der Waals surface area contributed by atoms with E-state index in [4.69, 9.17) is 15.2 Å². The van der Waals surface area contributed by atoms with Crippen molar-refractivity contribution in [2.24, 2.45) is 12.8 Å². The molecule has 1 aromatic heterocycles. The Morgan fingerprint density at radius 3 is 3.22 bits per heavy atom. The second-order valence-corrected chi connectivity index (χ2v) is 4.26. The van der Waals surface area contributed by atoms with Crippen LogP contribution in [-0.4, -0.2) is 21.4 Å². The third-order valence-electron chi connectivity index (χ3n) is 2.98. The zero-order valence-corrected chi connectivity index (χ0v) is 10.0. The highest BCUT2D eigenvalue weighted by Crippen LogP contribution is 2.34. The molecule has 0 radical (unpaired) electrons. The van der Waals surface area contributed by atoms with Crippen molar-refractivity contribution >= 4 is 0 Å². The van der Waals surface area contributed by atoms with Gasteiger partial charge in [-0.3, -0.25) is 0 Å². The molecule has 1 aromatic carbocycles. The first kappa shape index (κ1) is 11.0. The lowest BCUT2D eigenvalue weighted by atomic mass is 10.1. The molecule has 6 heteroatoms. The van der Waals surface area contributed by atoms with E-state index in [1.54, 1.807) is 6.33 Å². The van der Waals surface area contributed by atoms with E-state index >= 15 is 0 Å². The van der Waals surface area contributed by atoms with Crippen LogP contribution in [0.4, 0.5) is 0 Å². The maximum Gasteiger partial charge on any atom is 0.170 e. The standard InChI is InChI=1S/C12H14N4O2/c1-16-7-14-15-12(16)6-17-8-2-3-9-10(13)5-18-11(9)4-8/h2-4,7,10H,5-6,13H2,1H3. The maximum absolute atomic E-state index is 5.88. The first-order valence-electron chi connectivity index (χ1n) is 5.72. The number of nitrogens with two attached hydrogens (primary N) is 1. The predicted molar refractivity (Wildman–Crippen MR) is 64.2 cm³/mol. The molecule has 1 aliphatic heterocycles. The van der Waals surface area contributed by atoms with E-state index < -0.39 is 0 Å². The Hall–Kier alpha value is -2.08. The minimum Gasteiger partial charge on any atom is -0.491 e. The van der Waals surface area contributed by atoms with E-state index in [0.717, 1.165) is 22.9 Å². The van der Waals surface area contributed by atoms with E-state index in [2.05, 4.69) is 10.2 Å². The molecular weight excluding hydrogens is 232 g/mol. The van der Waals surface area contributed by atoms with Crippen LogP contribution >= 0.6 is 0 Å². The summed E-state index contributed by atoms with van der Waals surface area (Å²) in [7, 11) is 1.88. The Balaban J connectivity index is 1.73. The van der Waals surface area contributed by atoms with E-state index in [0.29, 0.717) is 13.2 Å². The Kier molecular flexibility index (Phi) is 2.64. The van der Waals surface area contributed by atoms with Crippen LogP contribution in [0.5, 0.6) is 11.5 Å². The van der Waals surface area contributed by atoms with Gasteiger partial charge in [-0.1, -0.05) is 0 Å². The Bertz CT molecular complexity index is 567. The third-order valence-corrected chi connectivity index (χ3v) is 2.98. The average Bonchev–Trinajstić information content (AvgIpc) is 2.94. The Morgan fingerprint density at radius 2 is 2.44 bits per heavy atom. The largest absolute Gasteiger partial charge is 0.491 e. The lowest BCUT2D eigenvalue weighted by Gasteiger charge is -2.07. The number of aryl methyl sites for hydroxylation is 1. The second kappa shape index (κ2) is 4.30. The lowest BCUT2D eigenvalue weighted by molar-refractivity contribution is 0.287. The van der Waals surface area contributed by atoms with Crippen LogP contribution in [0.25, 0.3) is 0 Å². The van der Waals surface area contributed by atoms with E-state index in [9.17, 15) is 0 Å². The molecule has 3 rings (SSSR count). The molecule has 1 aliphatic rings. The summed E-state index contributed by atoms with van der Waals surface area (Å²) in [5, 5.41) is 7.75. The van der Waals surface area contributed by atoms with Crippen LogP contribution in [0.1, 0.15) is 17.4 Å². The van der Waals surface area contributed by atoms with Gasteiger partial charge in [-0.05, 0) is 12.1 Å². The van der Waals surface area contributed by atoms with Gasteiger partial charge in [-0.15, -0.1) is 10.2 Å². The van der Waals surface area contributed by atoms with Crippen molar-refractivity contribution in [3.05, 3.63) is 35.9 Å². The zero-order valence-electron chi connectivity index (χ0n) is 10.0. The number of fused-ring (bicyclic) bond motifs is 1. The molecule has 2 N–H and O–H groups in total. The molecule has 0 spiro atoms. The number of benzene rings is 1. The van der Waals surface area contributed by atoms with Gasteiger partial charge < -0.3 is 19.8 Å². The van der Waals surface area contributed by atoms with Gasteiger partial charge in [0, 0.05) is 18.7 Å². The van der Waals surface area contributed by atoms with Gasteiger partial charge in [0.15, 0.2) is 5.82 Å². The molecule has 0 aliphatic carbocycles. The molecule has 0 saturated carbocycles. The summed E-state index contributed by atoms with van der Waals surface area (Å²) in [5.41, 5.74) is 6.91. The van der Waals surface area contributed by atoms with Crippen LogP contribution in [-0.2, 0) is 13.7 Å². The van der Waals surface area contributed by atoms with E-state index in [-0.39, 0.29) is 6.04 Å². The lowest BCUT2D eigenvalue weighted by Crippen LogP contribution is -2.10. The Labute approximate surface area is 104 Å². The molecule has 0 saturated heterocycles. The van der Waals surface area contributed by atoms with Crippen molar-refractivity contribution in [2.75, 3.05) is 6.61 Å². The quantitative estimate of drug-likeness (QED) is 0.866. The smallest absolute Gasteiger partial charge is 0.170 e. The number of nitrogens with zero attached hydrogens (tertiary/aromatic N) is 3. The van der Waals surface area contributed by atoms with Gasteiger partial charge in [-0.25, -0.2) is 0 Å². The van der Waals surface area contributed by atoms with Gasteiger partial charge >= 0.3 is 0 Å². The minimum atomic E-state index is -0.0345. The molecule has 2 heterocycles. The molecule has 1 unspecified atom stereocenters. The summed E-state index contributed by atoms with van der Waals surface area (Å²) in [6, 6.07) is 5.66. The van der Waals surface area contributed by atoms with Crippen molar-refractivity contribution < 1.29 is 9.47 Å². The summed E-state index contributed by atoms with van der Waals surface area (Å²) in [6.07, 6.45) is 1.64. The maximum atomic E-state index is 5.88. The predicted octanol–water partition coefficient (Wildman–Crippen LogP) is 0.786. The van der Waals surface area contributed by atoms with Crippen molar-refractivity contribution in [1.29, 1.82) is 0 Å². The molecule has 6 nitrogen and oxygen atoms in total. The fourth-order valence-electron chi connectivity index (χ4n) is 1.89. The molecule has 2 aromatic rings. The van der Waals surface area contributed by atoms with E-state index in [1.807, 2.05) is 29.8 Å². The normalized spacial score (nSPS) is 17.3. The molecule has 18 heavy (non-hydrogen) atoms. The van der Waals surface area contributed by atoms with Crippen LogP contribution in [0.15, 0.2) is 24.5 Å². The molecular formula is C12H14N4O2. The van der Waals surface area contributed by atoms with Crippen molar-refractivity contribution in [2.45, 2.75) is 12.6 Å². The topological polar surface area (TPSA) is 75.2 Å². The number of hydrogen-bond acceptors (Lipinski definition) is 5. The average molecular weight is 246 g/mol. The Morgan fingerprint density at radius 1 is 1.56 bits per heavy atom. The zero-order chi connectivity index (χ0) is 12.5. The minimum absolute atomic E-state index is 0.0345. The number of hydrogen-bond donors (Lipinski definition) is 1. The molecule has 0 bridgehead atoms. The molecule has 0 fully saturated rings. The second-order valence-electron chi connectivity index (χ2n) is 4.26. The fraction of sp³-hybridized carbons (Fsp3) is 0.333. The number of aromatic nitrogens is 3. The molecule has 94 valence electrons. The summed E-state index contributed by atoms with van der Waals surface area (Å²) in [4.78, 5) is 0. The SMILES string of the molecule is Cn1cnnc1COc1ccc2c(c1)OCC2N. The van der Waals surface area contributed by atoms with Gasteiger partial charge in [0.1, 0.15) is 31.0 Å². The van der Waals surface area contributed by atoms with Gasteiger partial charge in [0.25, 0.3) is 0 Å². The highest BCUT2D eigenvalue weighted by molar-refractivity contribution is 5.44. The highest BCUT2D eigenvalue weighted by Gasteiger charge is 2.20. The number of rotatable bonds is 3. The summed E-state index contributed by atoms with van der Waals surface area (Å²) >= 11 is 0. The fourth-order valence-corrected chi connectivity index (χ4v) is 1.89. The molecule has 1 atom stereocenters. The molecule has 0 amide bonds.